The normalized spacial score (nSPS) is 9.22. The molecule has 58 heavy (non-hydrogen) atoms. The first kappa shape index (κ1) is 118. The molecule has 0 spiro atoms. The van der Waals surface area contributed by atoms with Crippen molar-refractivity contribution in [2.75, 3.05) is 57.0 Å². The SMILES string of the molecule is NCCN.NCCN.[CH2]CCCP(=O)([O-])[O-].[CH2]CCCP(=O)([O-])[O-].[CH2]CCCP(=O)([O-])[O-].[CH2]CCCP(=O)([O-])[O-].[CH2]CCCP(=O)([O-])[O-].[Na+].[Na+].[Na+].[Na+].[Na+].[Na+].[Na+].[Na+].[Na+].[Na+]. The van der Waals surface area contributed by atoms with E-state index in [-0.39, 0.29) is 326 Å². The average Bonchev–Trinajstić information content (AvgIpc) is 2.95. The van der Waals surface area contributed by atoms with Crippen molar-refractivity contribution in [3.8, 4) is 0 Å². The number of nitrogens with two attached hydrogens (primary N) is 4. The molecule has 19 nitrogen and oxygen atoms in total. The largest absolute Gasteiger partial charge is 1.00 e. The molecule has 0 atom stereocenters. The van der Waals surface area contributed by atoms with Gasteiger partial charge in [-0.25, -0.2) is 0 Å². The van der Waals surface area contributed by atoms with Crippen LogP contribution in [0, 0.1) is 34.6 Å². The van der Waals surface area contributed by atoms with Crippen molar-refractivity contribution in [1.29, 1.82) is 0 Å². The van der Waals surface area contributed by atoms with Gasteiger partial charge >= 0.3 is 296 Å². The van der Waals surface area contributed by atoms with Gasteiger partial charge in [-0.2, -0.15) is 0 Å². The van der Waals surface area contributed by atoms with Crippen LogP contribution < -0.4 is 367 Å². The summed E-state index contributed by atoms with van der Waals surface area (Å²) in [7, 11) is -21.1. The predicted molar refractivity (Wildman–Crippen MR) is 172 cm³/mol. The van der Waals surface area contributed by atoms with Gasteiger partial charge in [-0.15, -0.1) is 0 Å². The van der Waals surface area contributed by atoms with Crippen LogP contribution in [0.4, 0.5) is 0 Å². The summed E-state index contributed by atoms with van der Waals surface area (Å²) >= 11 is 0. The van der Waals surface area contributed by atoms with Crippen LogP contribution in [-0.4, -0.2) is 57.0 Å². The summed E-state index contributed by atoms with van der Waals surface area (Å²) in [5.74, 6) is 0. The summed E-state index contributed by atoms with van der Waals surface area (Å²) in [5.41, 5.74) is 19.6. The summed E-state index contributed by atoms with van der Waals surface area (Å²) in [5, 5.41) is 0. The molecular formula is C24H56N4Na10O15P5. The van der Waals surface area contributed by atoms with Gasteiger partial charge in [0.1, 0.15) is 0 Å². The Balaban J connectivity index is -0.0000000222. The van der Waals surface area contributed by atoms with Gasteiger partial charge in [0.15, 0.2) is 0 Å². The van der Waals surface area contributed by atoms with E-state index in [1.54, 1.807) is 0 Å². The Labute approximate surface area is 572 Å². The Morgan fingerprint density at radius 2 is 0.362 bits per heavy atom. The fraction of sp³-hybridized carbons (Fsp3) is 0.792. The van der Waals surface area contributed by atoms with Crippen molar-refractivity contribution < 1.29 is 367 Å². The van der Waals surface area contributed by atoms with Crippen LogP contribution >= 0.6 is 38.0 Å². The van der Waals surface area contributed by atoms with Crippen LogP contribution in [-0.2, 0) is 22.8 Å². The Morgan fingerprint density at radius 1 is 0.276 bits per heavy atom. The van der Waals surface area contributed by atoms with E-state index in [0.717, 1.165) is 0 Å². The average molecular weight is 1030 g/mol. The van der Waals surface area contributed by atoms with E-state index in [0.29, 0.717) is 90.4 Å². The summed E-state index contributed by atoms with van der Waals surface area (Å²) < 4.78 is 49.2. The Bertz CT molecular complexity index is 742. The third kappa shape index (κ3) is 203. The molecule has 0 aliphatic rings. The number of unbranched alkanes of at least 4 members (excludes halogenated alkanes) is 5. The van der Waals surface area contributed by atoms with Crippen LogP contribution in [0.2, 0.25) is 0 Å². The van der Waals surface area contributed by atoms with Crippen molar-refractivity contribution in [3.63, 3.8) is 0 Å². The molecule has 0 amide bonds. The molecule has 8 N–H and O–H groups in total. The summed E-state index contributed by atoms with van der Waals surface area (Å²) in [6.45, 7) is 19.3. The van der Waals surface area contributed by atoms with Gasteiger partial charge < -0.3 is 94.7 Å². The second-order valence-corrected chi connectivity index (χ2v) is 17.2. The molecule has 0 aliphatic heterocycles. The molecule has 297 valence electrons. The van der Waals surface area contributed by atoms with Crippen LogP contribution in [0.25, 0.3) is 0 Å². The zero-order valence-electron chi connectivity index (χ0n) is 37.6. The van der Waals surface area contributed by atoms with E-state index in [9.17, 15) is 71.8 Å². The molecule has 0 aromatic heterocycles. The van der Waals surface area contributed by atoms with E-state index in [1.807, 2.05) is 0 Å². The molecule has 5 radical (unpaired) electrons. The molecule has 0 fully saturated rings. The molecule has 0 unspecified atom stereocenters. The minimum absolute atomic E-state index is 0. The molecular weight excluding hydrogens is 969 g/mol. The van der Waals surface area contributed by atoms with Crippen molar-refractivity contribution in [2.24, 2.45) is 22.9 Å². The molecule has 0 aromatic rings. The molecule has 0 heterocycles. The van der Waals surface area contributed by atoms with Gasteiger partial charge in [0.2, 0.25) is 0 Å². The molecule has 0 rings (SSSR count). The topological polar surface area (TPSA) is 420 Å². The van der Waals surface area contributed by atoms with Crippen LogP contribution in [0.3, 0.4) is 0 Å². The standard InChI is InChI=1S/5C4H10O3P.2C2H8N2.10Na/c5*1-2-3-4-8(5,6)7;2*3-1-2-4;;;;;;;;;;/h5*1-4H2,(H2,5,6,7);2*1-4H2;;;;;;;;;;/q;;;;;;;10*+1/p-10. The maximum absolute atomic E-state index is 9.83. The van der Waals surface area contributed by atoms with Crippen LogP contribution in [0.15, 0.2) is 0 Å². The minimum atomic E-state index is -4.22. The summed E-state index contributed by atoms with van der Waals surface area (Å²) in [6, 6.07) is 0. The Hall–Kier alpha value is 10.6. The monoisotopic (exact) mass is 1030 g/mol. The van der Waals surface area contributed by atoms with E-state index in [4.69, 9.17) is 22.9 Å². The molecule has 0 aliphatic carbocycles. The first-order valence-electron chi connectivity index (χ1n) is 14.5. The van der Waals surface area contributed by atoms with Gasteiger partial charge in [0.25, 0.3) is 0 Å². The second-order valence-electron chi connectivity index (χ2n) is 8.86. The zero-order chi connectivity index (χ0) is 39.9. The van der Waals surface area contributed by atoms with E-state index >= 15 is 0 Å². The van der Waals surface area contributed by atoms with E-state index < -0.39 is 38.0 Å². The fourth-order valence-corrected chi connectivity index (χ4v) is 4.58. The first-order valence-corrected chi connectivity index (χ1v) is 23.1. The second kappa shape index (κ2) is 84.4. The van der Waals surface area contributed by atoms with Gasteiger partial charge in [-0.3, -0.25) is 0 Å². The van der Waals surface area contributed by atoms with Crippen LogP contribution in [0.5, 0.6) is 0 Å². The maximum atomic E-state index is 9.83. The van der Waals surface area contributed by atoms with Crippen molar-refractivity contribution in [2.45, 2.75) is 64.2 Å². The maximum Gasteiger partial charge on any atom is 1.00 e. The number of rotatable bonds is 17. The van der Waals surface area contributed by atoms with Crippen molar-refractivity contribution in [3.05, 3.63) is 34.6 Å². The smallest absolute Gasteiger partial charge is 0.811 e. The predicted octanol–water partition coefficient (Wildman–Crippen LogP) is -34.6. The number of hydrogen-bond donors (Lipinski definition) is 4. The van der Waals surface area contributed by atoms with Gasteiger partial charge in [-0.1, -0.05) is 105 Å². The molecule has 34 heteroatoms. The van der Waals surface area contributed by atoms with Gasteiger partial charge in [-0.05, 0) is 62.9 Å². The van der Waals surface area contributed by atoms with E-state index in [1.165, 1.54) is 0 Å². The zero-order valence-corrected chi connectivity index (χ0v) is 62.1. The summed E-state index contributed by atoms with van der Waals surface area (Å²) in [4.78, 5) is 98.3. The molecule has 0 saturated carbocycles. The van der Waals surface area contributed by atoms with Crippen LogP contribution in [0.1, 0.15) is 64.2 Å². The van der Waals surface area contributed by atoms with Gasteiger partial charge in [0, 0.05) is 26.2 Å². The van der Waals surface area contributed by atoms with E-state index in [2.05, 4.69) is 34.6 Å². The molecule has 0 saturated heterocycles. The first-order chi connectivity index (χ1) is 21.6. The third-order valence-corrected chi connectivity index (χ3v) is 8.06. The Morgan fingerprint density at radius 3 is 0.379 bits per heavy atom. The summed E-state index contributed by atoms with van der Waals surface area (Å²) in [6.07, 6.45) is 3.17. The molecule has 0 aromatic carbocycles. The molecule has 0 bridgehead atoms. The van der Waals surface area contributed by atoms with Crippen molar-refractivity contribution in [1.82, 2.24) is 0 Å². The third-order valence-electron chi connectivity index (χ3n) is 3.74. The van der Waals surface area contributed by atoms with Gasteiger partial charge in [0.05, 0.1) is 0 Å². The quantitative estimate of drug-likeness (QED) is 0.0776. The minimum Gasteiger partial charge on any atom is -0.811 e. The fourth-order valence-electron chi connectivity index (χ4n) is 1.53. The Kier molecular flexibility index (Phi) is 171. The number of hydrogen-bond acceptors (Lipinski definition) is 19. The van der Waals surface area contributed by atoms with Crippen molar-refractivity contribution >= 4 is 38.0 Å².